The van der Waals surface area contributed by atoms with Crippen molar-refractivity contribution >= 4 is 17.9 Å². The van der Waals surface area contributed by atoms with E-state index >= 15 is 0 Å². The van der Waals surface area contributed by atoms with Crippen LogP contribution in [0.1, 0.15) is 39.5 Å². The number of hydrogen-bond donors (Lipinski definition) is 2. The zero-order valence-corrected chi connectivity index (χ0v) is 13.0. The molecule has 1 rings (SSSR count). The number of carboxylic acids is 1. The molecule has 0 aromatic rings. The van der Waals surface area contributed by atoms with E-state index < -0.39 is 12.0 Å². The average Bonchev–Trinajstić information content (AvgIpc) is 2.85. The van der Waals surface area contributed by atoms with Gasteiger partial charge < -0.3 is 20.2 Å². The number of carbonyl (C=O) groups excluding carboxylic acids is 2. The second-order valence-corrected chi connectivity index (χ2v) is 5.71. The van der Waals surface area contributed by atoms with E-state index in [1.807, 2.05) is 13.8 Å². The fourth-order valence-corrected chi connectivity index (χ4v) is 2.43. The molecular weight excluding hydrogens is 274 g/mol. The van der Waals surface area contributed by atoms with Crippen molar-refractivity contribution in [1.82, 2.24) is 15.1 Å². The summed E-state index contributed by atoms with van der Waals surface area (Å²) >= 11 is 0. The van der Waals surface area contributed by atoms with Crippen LogP contribution < -0.4 is 5.32 Å². The third kappa shape index (κ3) is 5.24. The quantitative estimate of drug-likeness (QED) is 0.762. The molecule has 0 radical (unpaired) electrons. The maximum Gasteiger partial charge on any atom is 0.318 e. The molecule has 120 valence electrons. The summed E-state index contributed by atoms with van der Waals surface area (Å²) in [5, 5.41) is 11.4. The van der Waals surface area contributed by atoms with Crippen LogP contribution in [-0.4, -0.2) is 65.0 Å². The second-order valence-electron chi connectivity index (χ2n) is 5.71. The van der Waals surface area contributed by atoms with Gasteiger partial charge in [0.25, 0.3) is 0 Å². The van der Waals surface area contributed by atoms with Gasteiger partial charge in [-0.3, -0.25) is 9.59 Å². The molecule has 1 fully saturated rings. The summed E-state index contributed by atoms with van der Waals surface area (Å²) in [7, 11) is 1.65. The number of rotatable bonds is 6. The highest BCUT2D eigenvalue weighted by atomic mass is 16.4. The van der Waals surface area contributed by atoms with Crippen LogP contribution in [0.4, 0.5) is 4.79 Å². The van der Waals surface area contributed by atoms with Crippen LogP contribution in [0.25, 0.3) is 0 Å². The molecule has 1 atom stereocenters. The summed E-state index contributed by atoms with van der Waals surface area (Å²) in [6.45, 7) is 4.73. The number of aliphatic carboxylic acids is 1. The van der Waals surface area contributed by atoms with Gasteiger partial charge in [0, 0.05) is 32.6 Å². The predicted octanol–water partition coefficient (Wildman–Crippen LogP) is 0.892. The SMILES string of the molecule is CC(C)NC(=O)N1CCC[C@H]1C(=O)N(C)CCCC(=O)O. The Balaban J connectivity index is 2.54. The number of amides is 3. The Hall–Kier alpha value is -1.79. The molecule has 2 N–H and O–H groups in total. The fraction of sp³-hybridized carbons (Fsp3) is 0.786. The van der Waals surface area contributed by atoms with Crippen molar-refractivity contribution in [3.05, 3.63) is 0 Å². The van der Waals surface area contributed by atoms with Crippen LogP contribution in [-0.2, 0) is 9.59 Å². The molecule has 0 saturated carbocycles. The minimum atomic E-state index is -0.866. The molecule has 7 heteroatoms. The van der Waals surface area contributed by atoms with Crippen LogP contribution in [0.2, 0.25) is 0 Å². The first kappa shape index (κ1) is 17.3. The summed E-state index contributed by atoms with van der Waals surface area (Å²) in [6, 6.07) is -0.611. The van der Waals surface area contributed by atoms with Crippen molar-refractivity contribution in [2.75, 3.05) is 20.1 Å². The molecule has 0 aromatic heterocycles. The molecule has 21 heavy (non-hydrogen) atoms. The third-order valence-electron chi connectivity index (χ3n) is 3.47. The van der Waals surface area contributed by atoms with E-state index in [0.29, 0.717) is 25.9 Å². The summed E-state index contributed by atoms with van der Waals surface area (Å²) in [5.74, 6) is -0.980. The highest BCUT2D eigenvalue weighted by Gasteiger charge is 2.35. The molecule has 0 unspecified atom stereocenters. The molecule has 1 saturated heterocycles. The largest absolute Gasteiger partial charge is 0.481 e. The zero-order chi connectivity index (χ0) is 16.0. The van der Waals surface area contributed by atoms with E-state index in [9.17, 15) is 14.4 Å². The molecule has 0 bridgehead atoms. The molecule has 0 aromatic carbocycles. The number of carbonyl (C=O) groups is 3. The van der Waals surface area contributed by atoms with Crippen molar-refractivity contribution in [3.8, 4) is 0 Å². The predicted molar refractivity (Wildman–Crippen MR) is 77.9 cm³/mol. The Kier molecular flexibility index (Phi) is 6.45. The smallest absolute Gasteiger partial charge is 0.318 e. The lowest BCUT2D eigenvalue weighted by Crippen LogP contribution is -2.51. The number of urea groups is 1. The van der Waals surface area contributed by atoms with Crippen LogP contribution in [0, 0.1) is 0 Å². The van der Waals surface area contributed by atoms with Gasteiger partial charge in [0.05, 0.1) is 0 Å². The fourth-order valence-electron chi connectivity index (χ4n) is 2.43. The number of likely N-dealkylation sites (tertiary alicyclic amines) is 1. The first-order valence-electron chi connectivity index (χ1n) is 7.36. The molecular formula is C14H25N3O4. The van der Waals surface area contributed by atoms with Crippen molar-refractivity contribution < 1.29 is 19.5 Å². The first-order valence-corrected chi connectivity index (χ1v) is 7.36. The molecule has 0 aliphatic carbocycles. The highest BCUT2D eigenvalue weighted by molar-refractivity contribution is 5.87. The van der Waals surface area contributed by atoms with Crippen LogP contribution in [0.3, 0.4) is 0 Å². The molecule has 1 heterocycles. The summed E-state index contributed by atoms with van der Waals surface area (Å²) in [6.07, 6.45) is 1.93. The van der Waals surface area contributed by atoms with Crippen molar-refractivity contribution in [2.24, 2.45) is 0 Å². The summed E-state index contributed by atoms with van der Waals surface area (Å²) < 4.78 is 0. The Bertz CT molecular complexity index is 398. The van der Waals surface area contributed by atoms with E-state index in [0.717, 1.165) is 6.42 Å². The van der Waals surface area contributed by atoms with Gasteiger partial charge in [-0.25, -0.2) is 4.79 Å². The lowest BCUT2D eigenvalue weighted by Gasteiger charge is -2.28. The Labute approximate surface area is 125 Å². The maximum absolute atomic E-state index is 12.4. The normalized spacial score (nSPS) is 17.9. The van der Waals surface area contributed by atoms with Gasteiger partial charge in [0.1, 0.15) is 6.04 Å². The molecule has 0 spiro atoms. The second kappa shape index (κ2) is 7.85. The van der Waals surface area contributed by atoms with E-state index in [2.05, 4.69) is 5.32 Å². The maximum atomic E-state index is 12.4. The monoisotopic (exact) mass is 299 g/mol. The van der Waals surface area contributed by atoms with Gasteiger partial charge in [-0.1, -0.05) is 0 Å². The van der Waals surface area contributed by atoms with Crippen LogP contribution in [0.5, 0.6) is 0 Å². The number of hydrogen-bond acceptors (Lipinski definition) is 3. The molecule has 1 aliphatic heterocycles. The lowest BCUT2D eigenvalue weighted by molar-refractivity contribution is -0.138. The minimum absolute atomic E-state index is 0.0298. The van der Waals surface area contributed by atoms with Crippen LogP contribution >= 0.6 is 0 Å². The van der Waals surface area contributed by atoms with E-state index in [1.54, 1.807) is 11.9 Å². The van der Waals surface area contributed by atoms with Gasteiger partial charge in [-0.15, -0.1) is 0 Å². The van der Waals surface area contributed by atoms with Gasteiger partial charge in [0.15, 0.2) is 0 Å². The number of carboxylic acid groups (broad SMARTS) is 1. The Morgan fingerprint density at radius 3 is 2.62 bits per heavy atom. The van der Waals surface area contributed by atoms with Crippen LogP contribution in [0.15, 0.2) is 0 Å². The summed E-state index contributed by atoms with van der Waals surface area (Å²) in [5.41, 5.74) is 0. The number of nitrogens with one attached hydrogen (secondary N) is 1. The average molecular weight is 299 g/mol. The molecule has 1 aliphatic rings. The number of nitrogens with zero attached hydrogens (tertiary/aromatic N) is 2. The van der Waals surface area contributed by atoms with Crippen molar-refractivity contribution in [2.45, 2.75) is 51.6 Å². The van der Waals surface area contributed by atoms with Gasteiger partial charge >= 0.3 is 12.0 Å². The van der Waals surface area contributed by atoms with Gasteiger partial charge in [0.2, 0.25) is 5.91 Å². The topological polar surface area (TPSA) is 90.0 Å². The minimum Gasteiger partial charge on any atom is -0.481 e. The zero-order valence-electron chi connectivity index (χ0n) is 13.0. The molecule has 3 amide bonds. The van der Waals surface area contributed by atoms with E-state index in [1.165, 1.54) is 4.90 Å². The Morgan fingerprint density at radius 2 is 2.05 bits per heavy atom. The van der Waals surface area contributed by atoms with Crippen molar-refractivity contribution in [1.29, 1.82) is 0 Å². The van der Waals surface area contributed by atoms with E-state index in [-0.39, 0.29) is 24.4 Å². The first-order chi connectivity index (χ1) is 9.82. The van der Waals surface area contributed by atoms with Gasteiger partial charge in [-0.05, 0) is 33.1 Å². The van der Waals surface area contributed by atoms with Gasteiger partial charge in [-0.2, -0.15) is 0 Å². The molecule has 7 nitrogen and oxygen atoms in total. The highest BCUT2D eigenvalue weighted by Crippen LogP contribution is 2.19. The Morgan fingerprint density at radius 1 is 1.38 bits per heavy atom. The van der Waals surface area contributed by atoms with Crippen molar-refractivity contribution in [3.63, 3.8) is 0 Å². The van der Waals surface area contributed by atoms with E-state index in [4.69, 9.17) is 5.11 Å². The number of likely N-dealkylation sites (N-methyl/N-ethyl adjacent to an activating group) is 1. The third-order valence-corrected chi connectivity index (χ3v) is 3.47. The summed E-state index contributed by atoms with van der Waals surface area (Å²) in [4.78, 5) is 38.0. The standard InChI is InChI=1S/C14H25N3O4/c1-10(2)15-14(21)17-9-4-6-11(17)13(20)16(3)8-5-7-12(18)19/h10-11H,4-9H2,1-3H3,(H,15,21)(H,18,19)/t11-/m0/s1. The lowest BCUT2D eigenvalue weighted by atomic mass is 10.2.